The Hall–Kier alpha value is 6.04. The van der Waals surface area contributed by atoms with Crippen molar-refractivity contribution in [2.24, 2.45) is 0 Å². The molecule has 1 rings (SSSR count). The van der Waals surface area contributed by atoms with Crippen molar-refractivity contribution in [2.45, 2.75) is 18.3 Å². The molecule has 196 valence electrons. The van der Waals surface area contributed by atoms with Gasteiger partial charge in [0.15, 0.2) is 0 Å². The lowest BCUT2D eigenvalue weighted by atomic mass is 10.9. The minimum absolute atomic E-state index is 0.493. The van der Waals surface area contributed by atoms with E-state index in [0.717, 1.165) is 45.8 Å². The fraction of sp³-hybridized carbons (Fsp3) is 0.867. The lowest BCUT2D eigenvalue weighted by Crippen LogP contribution is -2.14. The van der Waals surface area contributed by atoms with Gasteiger partial charge in [0.1, 0.15) is 0 Å². The van der Waals surface area contributed by atoms with Crippen LogP contribution in [0.3, 0.4) is 0 Å². The van der Waals surface area contributed by atoms with Gasteiger partial charge in [0.2, 0.25) is 0 Å². The van der Waals surface area contributed by atoms with Crippen molar-refractivity contribution in [1.29, 1.82) is 0 Å². The summed E-state index contributed by atoms with van der Waals surface area (Å²) in [7, 11) is 0. The van der Waals surface area contributed by atoms with E-state index >= 15 is 0 Å². The number of rotatable bonds is 22. The molecule has 0 aromatic carbocycles. The summed E-state index contributed by atoms with van der Waals surface area (Å²) >= 11 is 50.2. The number of thioether (sulfide) groups is 12. The topological polar surface area (TPSA) is 0 Å². The van der Waals surface area contributed by atoms with E-state index < -0.39 is 0 Å². The molecule has 0 saturated heterocycles. The lowest BCUT2D eigenvalue weighted by Gasteiger charge is -2.24. The Morgan fingerprint density at radius 2 is 0.758 bits per heavy atom. The fourth-order valence-electron chi connectivity index (χ4n) is 2.03. The summed E-state index contributed by atoms with van der Waals surface area (Å²) < 4.78 is 4.98. The highest BCUT2D eigenvalue weighted by molar-refractivity contribution is 8.40. The summed E-state index contributed by atoms with van der Waals surface area (Å²) in [5, 5.41) is 8.31. The fourth-order valence-corrected chi connectivity index (χ4v) is 24.3. The third-order valence-electron chi connectivity index (χ3n) is 3.27. The van der Waals surface area contributed by atoms with E-state index in [1.54, 1.807) is 0 Å². The lowest BCUT2D eigenvalue weighted by molar-refractivity contribution is 1.36. The second-order valence-electron chi connectivity index (χ2n) is 5.09. The van der Waals surface area contributed by atoms with E-state index in [2.05, 4.69) is 75.8 Å². The number of hydrogen-bond donors (Lipinski definition) is 6. The summed E-state index contributed by atoms with van der Waals surface area (Å²) in [6, 6.07) is 0. The molecular formula is C15H28S18. The highest BCUT2D eigenvalue weighted by Gasteiger charge is 2.25. The molecule has 0 aromatic heterocycles. The number of thiol groups is 6. The van der Waals surface area contributed by atoms with E-state index in [0.29, 0.717) is 18.3 Å². The molecule has 0 fully saturated rings. The van der Waals surface area contributed by atoms with Crippen molar-refractivity contribution in [3.05, 3.63) is 8.47 Å². The number of hydrogen-bond acceptors (Lipinski definition) is 18. The molecule has 18 heteroatoms. The molecule has 0 spiro atoms. The van der Waals surface area contributed by atoms with Gasteiger partial charge >= 0.3 is 0 Å². The molecule has 0 aromatic rings. The smallest absolute Gasteiger partial charge is 0.0729 e. The van der Waals surface area contributed by atoms with Crippen LogP contribution in [0, 0.1) is 0 Å². The second kappa shape index (κ2) is 25.7. The highest BCUT2D eigenvalue weighted by Crippen LogP contribution is 2.53. The molecule has 2 unspecified atom stereocenters. The van der Waals surface area contributed by atoms with Crippen molar-refractivity contribution in [2.75, 3.05) is 45.8 Å². The Bertz CT molecular complexity index is 451. The summed E-state index contributed by atoms with van der Waals surface area (Å²) in [5.74, 6) is 0. The van der Waals surface area contributed by atoms with Crippen molar-refractivity contribution < 1.29 is 0 Å². The van der Waals surface area contributed by atoms with E-state index in [1.165, 1.54) is 8.47 Å². The standard InChI is InChI=1S/C15H28S18/c16-1-22-10(23-2-17)12(26-5-20)28-7-30-14-15(33-9-32-14)31-8-29-13(27-6-21)11(24-3-18)25-4-19/h10-13,16-21H,1-9H2. The van der Waals surface area contributed by atoms with E-state index in [4.69, 9.17) is 0 Å². The summed E-state index contributed by atoms with van der Waals surface area (Å²) in [4.78, 5) is 0. The zero-order chi connectivity index (χ0) is 24.3. The first kappa shape index (κ1) is 37.1. The Kier molecular flexibility index (Phi) is 28.9. The molecule has 1 heterocycles. The Morgan fingerprint density at radius 1 is 0.485 bits per heavy atom. The summed E-state index contributed by atoms with van der Waals surface area (Å²) in [6.45, 7) is 0. The minimum Gasteiger partial charge on any atom is -0.168 e. The van der Waals surface area contributed by atoms with Crippen LogP contribution in [-0.2, 0) is 0 Å². The first-order valence-corrected chi connectivity index (χ1v) is 25.1. The predicted molar refractivity (Wildman–Crippen MR) is 211 cm³/mol. The van der Waals surface area contributed by atoms with Gasteiger partial charge in [0, 0.05) is 45.8 Å². The molecule has 0 saturated carbocycles. The van der Waals surface area contributed by atoms with Crippen LogP contribution in [0.2, 0.25) is 0 Å². The van der Waals surface area contributed by atoms with Crippen LogP contribution in [0.4, 0.5) is 0 Å². The van der Waals surface area contributed by atoms with Crippen molar-refractivity contribution >= 4 is 217 Å². The molecule has 0 radical (unpaired) electrons. The summed E-state index contributed by atoms with van der Waals surface area (Å²) in [6.07, 6.45) is 0. The van der Waals surface area contributed by atoms with Gasteiger partial charge in [0.05, 0.1) is 26.8 Å². The largest absolute Gasteiger partial charge is 0.168 e. The zero-order valence-corrected chi connectivity index (χ0v) is 32.4. The molecule has 0 N–H and O–H groups in total. The van der Waals surface area contributed by atoms with Crippen LogP contribution >= 0.6 is 217 Å². The maximum atomic E-state index is 4.47. The van der Waals surface area contributed by atoms with Crippen molar-refractivity contribution in [3.63, 3.8) is 0 Å². The van der Waals surface area contributed by atoms with E-state index in [9.17, 15) is 0 Å². The highest BCUT2D eigenvalue weighted by atomic mass is 32.3. The van der Waals surface area contributed by atoms with Gasteiger partial charge < -0.3 is 0 Å². The maximum absolute atomic E-state index is 4.47. The third kappa shape index (κ3) is 16.9. The molecular weight excluding hydrogens is 757 g/mol. The molecule has 1 aliphatic rings. The summed E-state index contributed by atoms with van der Waals surface area (Å²) in [5.41, 5.74) is 0. The Balaban J connectivity index is 2.58. The monoisotopic (exact) mass is 784 g/mol. The average Bonchev–Trinajstić information content (AvgIpc) is 3.25. The molecule has 33 heavy (non-hydrogen) atoms. The molecule has 0 bridgehead atoms. The minimum atomic E-state index is 0.493. The van der Waals surface area contributed by atoms with Gasteiger partial charge in [-0.05, 0) is 0 Å². The maximum Gasteiger partial charge on any atom is 0.0729 e. The van der Waals surface area contributed by atoms with Gasteiger partial charge in [-0.15, -0.1) is 141 Å². The average molecular weight is 786 g/mol. The Labute approximate surface area is 285 Å². The van der Waals surface area contributed by atoms with Crippen molar-refractivity contribution in [3.8, 4) is 0 Å². The van der Waals surface area contributed by atoms with E-state index in [-0.39, 0.29) is 0 Å². The Morgan fingerprint density at radius 3 is 1.03 bits per heavy atom. The van der Waals surface area contributed by atoms with Gasteiger partial charge in [-0.3, -0.25) is 0 Å². The molecule has 1 aliphatic heterocycles. The molecule has 0 aliphatic carbocycles. The molecule has 0 amide bonds. The van der Waals surface area contributed by atoms with Gasteiger partial charge in [-0.1, -0.05) is 0 Å². The quantitative estimate of drug-likeness (QED) is 0.0458. The van der Waals surface area contributed by atoms with Crippen LogP contribution in [0.25, 0.3) is 0 Å². The van der Waals surface area contributed by atoms with Gasteiger partial charge in [-0.25, -0.2) is 0 Å². The van der Waals surface area contributed by atoms with Crippen molar-refractivity contribution in [1.82, 2.24) is 0 Å². The first-order valence-electron chi connectivity index (χ1n) is 8.98. The van der Waals surface area contributed by atoms with Crippen LogP contribution in [0.5, 0.6) is 0 Å². The van der Waals surface area contributed by atoms with Gasteiger partial charge in [0.25, 0.3) is 0 Å². The van der Waals surface area contributed by atoms with Crippen LogP contribution in [-0.4, -0.2) is 64.1 Å². The van der Waals surface area contributed by atoms with Crippen LogP contribution in [0.15, 0.2) is 8.47 Å². The zero-order valence-electron chi connectivity index (χ0n) is 17.3. The third-order valence-corrected chi connectivity index (χ3v) is 23.1. The predicted octanol–water partition coefficient (Wildman–Crippen LogP) is 10.4. The normalized spacial score (nSPS) is 16.4. The van der Waals surface area contributed by atoms with Gasteiger partial charge in [-0.2, -0.15) is 75.8 Å². The first-order chi connectivity index (χ1) is 16.1. The molecule has 2 atom stereocenters. The molecule has 0 nitrogen and oxygen atoms in total. The second-order valence-corrected chi connectivity index (χ2v) is 25.3. The van der Waals surface area contributed by atoms with Crippen LogP contribution in [0.1, 0.15) is 0 Å². The SMILES string of the molecule is SCSC(SCS)C(SCS)SCSC1=C(SCSC(SCS)C(SCS)SCS)SCS1. The van der Waals surface area contributed by atoms with Crippen LogP contribution < -0.4 is 0 Å². The van der Waals surface area contributed by atoms with E-state index in [1.807, 2.05) is 141 Å².